The molecule has 4 aromatic rings. The van der Waals surface area contributed by atoms with Crippen LogP contribution in [0.5, 0.6) is 0 Å². The van der Waals surface area contributed by atoms with Crippen LogP contribution in [0, 0.1) is 6.92 Å². The molecule has 0 aliphatic carbocycles. The van der Waals surface area contributed by atoms with Crippen molar-refractivity contribution in [3.8, 4) is 17.2 Å². The lowest BCUT2D eigenvalue weighted by Gasteiger charge is -2.08. The maximum absolute atomic E-state index is 4.84. The average molecular weight is 285 g/mol. The fraction of sp³-hybridized carbons (Fsp3) is 0.0526. The summed E-state index contributed by atoms with van der Waals surface area (Å²) in [7, 11) is 0. The first-order valence-electron chi connectivity index (χ1n) is 7.29. The van der Waals surface area contributed by atoms with Crippen molar-refractivity contribution in [2.24, 2.45) is 0 Å². The number of benzene rings is 2. The summed E-state index contributed by atoms with van der Waals surface area (Å²) in [5, 5.41) is 0. The Morgan fingerprint density at radius 2 is 1.68 bits per heavy atom. The maximum atomic E-state index is 4.84. The summed E-state index contributed by atoms with van der Waals surface area (Å²) in [6.45, 7) is 2.08. The molecule has 3 nitrogen and oxygen atoms in total. The van der Waals surface area contributed by atoms with Gasteiger partial charge in [-0.05, 0) is 36.8 Å². The van der Waals surface area contributed by atoms with E-state index in [1.807, 2.05) is 42.6 Å². The van der Waals surface area contributed by atoms with Gasteiger partial charge in [0.25, 0.3) is 0 Å². The van der Waals surface area contributed by atoms with Crippen LogP contribution in [-0.2, 0) is 0 Å². The van der Waals surface area contributed by atoms with Crippen molar-refractivity contribution in [3.63, 3.8) is 0 Å². The van der Waals surface area contributed by atoms with E-state index in [9.17, 15) is 0 Å². The van der Waals surface area contributed by atoms with E-state index in [-0.39, 0.29) is 0 Å². The van der Waals surface area contributed by atoms with E-state index in [1.165, 1.54) is 5.56 Å². The Labute approximate surface area is 128 Å². The van der Waals surface area contributed by atoms with E-state index in [2.05, 4.69) is 46.8 Å². The molecule has 106 valence electrons. The van der Waals surface area contributed by atoms with Crippen LogP contribution in [0.3, 0.4) is 0 Å². The first-order valence-corrected chi connectivity index (χ1v) is 7.29. The molecule has 22 heavy (non-hydrogen) atoms. The topological polar surface area (TPSA) is 30.7 Å². The molecule has 3 heteroatoms. The zero-order valence-corrected chi connectivity index (χ0v) is 12.3. The summed E-state index contributed by atoms with van der Waals surface area (Å²) in [6, 6.07) is 22.5. The van der Waals surface area contributed by atoms with Gasteiger partial charge in [0.05, 0.1) is 11.0 Å². The number of hydrogen-bond acceptors (Lipinski definition) is 2. The van der Waals surface area contributed by atoms with Crippen molar-refractivity contribution >= 4 is 11.0 Å². The molecule has 0 atom stereocenters. The van der Waals surface area contributed by atoms with Crippen LogP contribution in [0.15, 0.2) is 72.9 Å². The molecule has 4 rings (SSSR count). The van der Waals surface area contributed by atoms with Gasteiger partial charge in [0, 0.05) is 11.8 Å². The number of rotatable bonds is 2. The Balaban J connectivity index is 2.07. The van der Waals surface area contributed by atoms with Crippen LogP contribution in [0.4, 0.5) is 0 Å². The molecule has 0 N–H and O–H groups in total. The van der Waals surface area contributed by atoms with Gasteiger partial charge in [-0.15, -0.1) is 0 Å². The standard InChI is InChI=1S/C19H15N3/c1-14-10-11-17-16(13-14)21-19(15-7-3-2-4-8-15)22(17)18-9-5-6-12-20-18/h2-13H,1H3. The first kappa shape index (κ1) is 12.8. The predicted octanol–water partition coefficient (Wildman–Crippen LogP) is 4.40. The van der Waals surface area contributed by atoms with Gasteiger partial charge in [0.15, 0.2) is 0 Å². The van der Waals surface area contributed by atoms with E-state index < -0.39 is 0 Å². The molecule has 0 bridgehead atoms. The Bertz CT molecular complexity index is 925. The summed E-state index contributed by atoms with van der Waals surface area (Å²) in [5.74, 6) is 1.80. The molecule has 2 aromatic carbocycles. The van der Waals surface area contributed by atoms with Gasteiger partial charge in [0.1, 0.15) is 11.6 Å². The Morgan fingerprint density at radius 3 is 2.45 bits per heavy atom. The molecule has 0 unspecified atom stereocenters. The Morgan fingerprint density at radius 1 is 0.864 bits per heavy atom. The highest BCUT2D eigenvalue weighted by Gasteiger charge is 2.14. The molecule has 0 fully saturated rings. The number of aromatic nitrogens is 3. The highest BCUT2D eigenvalue weighted by atomic mass is 15.1. The van der Waals surface area contributed by atoms with Crippen LogP contribution >= 0.6 is 0 Å². The number of imidazole rings is 1. The molecular weight excluding hydrogens is 270 g/mol. The van der Waals surface area contributed by atoms with Gasteiger partial charge in [-0.25, -0.2) is 9.97 Å². The van der Waals surface area contributed by atoms with Crippen molar-refractivity contribution in [2.75, 3.05) is 0 Å². The normalized spacial score (nSPS) is 11.0. The van der Waals surface area contributed by atoms with Crippen molar-refractivity contribution in [1.29, 1.82) is 0 Å². The minimum absolute atomic E-state index is 0.882. The van der Waals surface area contributed by atoms with Crippen molar-refractivity contribution in [3.05, 3.63) is 78.5 Å². The zero-order chi connectivity index (χ0) is 14.9. The average Bonchev–Trinajstić information content (AvgIpc) is 2.95. The molecule has 0 saturated carbocycles. The van der Waals surface area contributed by atoms with Crippen LogP contribution < -0.4 is 0 Å². The van der Waals surface area contributed by atoms with Crippen molar-refractivity contribution < 1.29 is 0 Å². The smallest absolute Gasteiger partial charge is 0.146 e. The van der Waals surface area contributed by atoms with Crippen molar-refractivity contribution in [2.45, 2.75) is 6.92 Å². The van der Waals surface area contributed by atoms with E-state index in [1.54, 1.807) is 0 Å². The summed E-state index contributed by atoms with van der Waals surface area (Å²) < 4.78 is 2.12. The summed E-state index contributed by atoms with van der Waals surface area (Å²) >= 11 is 0. The lowest BCUT2D eigenvalue weighted by molar-refractivity contribution is 1.03. The maximum Gasteiger partial charge on any atom is 0.146 e. The molecule has 0 amide bonds. The van der Waals surface area contributed by atoms with Gasteiger partial charge in [-0.1, -0.05) is 42.5 Å². The summed E-state index contributed by atoms with van der Waals surface area (Å²) in [6.07, 6.45) is 1.81. The van der Waals surface area contributed by atoms with E-state index >= 15 is 0 Å². The summed E-state index contributed by atoms with van der Waals surface area (Å²) in [5.41, 5.74) is 4.35. The molecule has 2 aromatic heterocycles. The van der Waals surface area contributed by atoms with Gasteiger partial charge in [0.2, 0.25) is 0 Å². The van der Waals surface area contributed by atoms with Gasteiger partial charge in [-0.2, -0.15) is 0 Å². The minimum atomic E-state index is 0.882. The van der Waals surface area contributed by atoms with Crippen LogP contribution in [0.2, 0.25) is 0 Å². The fourth-order valence-electron chi connectivity index (χ4n) is 2.69. The van der Waals surface area contributed by atoms with Gasteiger partial charge < -0.3 is 0 Å². The zero-order valence-electron chi connectivity index (χ0n) is 12.3. The summed E-state index contributed by atoms with van der Waals surface area (Å²) in [4.78, 5) is 9.35. The monoisotopic (exact) mass is 285 g/mol. The van der Waals surface area contributed by atoms with Gasteiger partial charge >= 0.3 is 0 Å². The van der Waals surface area contributed by atoms with E-state index in [0.717, 1.165) is 28.2 Å². The molecule has 2 heterocycles. The SMILES string of the molecule is Cc1ccc2c(c1)nc(-c1ccccc1)n2-c1ccccn1. The number of aryl methyl sites for hydroxylation is 1. The highest BCUT2D eigenvalue weighted by Crippen LogP contribution is 2.28. The molecule has 0 spiro atoms. The molecule has 0 radical (unpaired) electrons. The minimum Gasteiger partial charge on any atom is -0.276 e. The van der Waals surface area contributed by atoms with E-state index in [4.69, 9.17) is 4.98 Å². The largest absolute Gasteiger partial charge is 0.276 e. The fourth-order valence-corrected chi connectivity index (χ4v) is 2.69. The number of pyridine rings is 1. The quantitative estimate of drug-likeness (QED) is 0.546. The third-order valence-electron chi connectivity index (χ3n) is 3.72. The Hall–Kier alpha value is -2.94. The second-order valence-electron chi connectivity index (χ2n) is 5.32. The van der Waals surface area contributed by atoms with Crippen LogP contribution in [0.25, 0.3) is 28.2 Å². The lowest BCUT2D eigenvalue weighted by Crippen LogP contribution is -1.99. The molecular formula is C19H15N3. The predicted molar refractivity (Wildman–Crippen MR) is 89.0 cm³/mol. The van der Waals surface area contributed by atoms with Crippen molar-refractivity contribution in [1.82, 2.24) is 14.5 Å². The van der Waals surface area contributed by atoms with Crippen LogP contribution in [0.1, 0.15) is 5.56 Å². The lowest BCUT2D eigenvalue weighted by atomic mass is 10.2. The highest BCUT2D eigenvalue weighted by molar-refractivity contribution is 5.83. The second-order valence-corrected chi connectivity index (χ2v) is 5.32. The van der Waals surface area contributed by atoms with E-state index in [0.29, 0.717) is 0 Å². The number of hydrogen-bond donors (Lipinski definition) is 0. The van der Waals surface area contributed by atoms with Gasteiger partial charge in [-0.3, -0.25) is 4.57 Å². The first-order chi connectivity index (χ1) is 10.8. The third-order valence-corrected chi connectivity index (χ3v) is 3.72. The molecule has 0 aliphatic rings. The molecule has 0 aliphatic heterocycles. The number of fused-ring (bicyclic) bond motifs is 1. The Kier molecular flexibility index (Phi) is 2.97. The second kappa shape index (κ2) is 5.11. The molecule has 0 saturated heterocycles. The third kappa shape index (κ3) is 2.07. The number of nitrogens with zero attached hydrogens (tertiary/aromatic N) is 3. The van der Waals surface area contributed by atoms with Crippen LogP contribution in [-0.4, -0.2) is 14.5 Å².